The first-order chi connectivity index (χ1) is 7.74. The van der Waals surface area contributed by atoms with Crippen LogP contribution in [0.1, 0.15) is 26.7 Å². The van der Waals surface area contributed by atoms with Gasteiger partial charge in [0.2, 0.25) is 0 Å². The summed E-state index contributed by atoms with van der Waals surface area (Å²) in [5.74, 6) is 5.45. The number of hydrogen-bond acceptors (Lipinski definition) is 4. The van der Waals surface area contributed by atoms with E-state index < -0.39 is 12.3 Å². The summed E-state index contributed by atoms with van der Waals surface area (Å²) in [6, 6.07) is 0. The Morgan fingerprint density at radius 3 is 2.94 bits per heavy atom. The highest BCUT2D eigenvalue weighted by Gasteiger charge is 2.08. The minimum atomic E-state index is -0.487. The molecule has 0 aromatic heterocycles. The molecular weight excluding hydrogens is 206 g/mol. The van der Waals surface area contributed by atoms with Crippen LogP contribution in [0, 0.1) is 17.3 Å². The van der Waals surface area contributed by atoms with Crippen LogP contribution in [0.3, 0.4) is 0 Å². The number of carbonyl (C=O) groups is 1. The van der Waals surface area contributed by atoms with E-state index in [4.69, 9.17) is 10.1 Å². The Labute approximate surface area is 96.4 Å². The number of carbonyl (C=O) groups excluding carboxylic acids is 1. The van der Waals surface area contributed by atoms with Crippen molar-refractivity contribution in [3.05, 3.63) is 0 Å². The lowest BCUT2D eigenvalue weighted by molar-refractivity contribution is 0.141. The van der Waals surface area contributed by atoms with E-state index >= 15 is 0 Å². The van der Waals surface area contributed by atoms with E-state index in [-0.39, 0.29) is 0 Å². The van der Waals surface area contributed by atoms with Crippen LogP contribution in [0.2, 0.25) is 0 Å². The molecule has 16 heavy (non-hydrogen) atoms. The fourth-order valence-corrected chi connectivity index (χ4v) is 0.928. The van der Waals surface area contributed by atoms with E-state index in [9.17, 15) is 4.79 Å². The van der Waals surface area contributed by atoms with E-state index in [2.05, 4.69) is 22.5 Å². The normalized spacial score (nSPS) is 10.9. The Morgan fingerprint density at radius 1 is 1.62 bits per heavy atom. The third-order valence-electron chi connectivity index (χ3n) is 1.71. The van der Waals surface area contributed by atoms with Gasteiger partial charge in [-0.3, -0.25) is 10.6 Å². The smallest absolute Gasteiger partial charge is 0.409 e. The predicted octanol–water partition coefficient (Wildman–Crippen LogP) is 1.10. The fourth-order valence-electron chi connectivity index (χ4n) is 0.928. The van der Waals surface area contributed by atoms with Crippen LogP contribution in [0.4, 0.5) is 4.79 Å². The first-order valence-electron chi connectivity index (χ1n) is 5.32. The molecule has 0 aromatic rings. The van der Waals surface area contributed by atoms with Crippen LogP contribution in [-0.2, 0) is 4.74 Å². The molecule has 0 aliphatic heterocycles. The Kier molecular flexibility index (Phi) is 9.03. The van der Waals surface area contributed by atoms with Gasteiger partial charge in [0.15, 0.2) is 0 Å². The van der Waals surface area contributed by atoms with Gasteiger partial charge in [0.05, 0.1) is 6.61 Å². The molecule has 1 unspecified atom stereocenters. The van der Waals surface area contributed by atoms with Crippen molar-refractivity contribution in [1.29, 1.82) is 5.41 Å². The summed E-state index contributed by atoms with van der Waals surface area (Å²) in [7, 11) is 0. The SMILES string of the molecule is CC#CC(NCC=N)NC(=O)OCCCC. The molecule has 1 atom stereocenters. The highest BCUT2D eigenvalue weighted by Crippen LogP contribution is 1.89. The topological polar surface area (TPSA) is 74.2 Å². The third-order valence-corrected chi connectivity index (χ3v) is 1.71. The maximum atomic E-state index is 11.3. The van der Waals surface area contributed by atoms with Crippen LogP contribution in [-0.4, -0.2) is 31.6 Å². The lowest BCUT2D eigenvalue weighted by Gasteiger charge is -2.13. The van der Waals surface area contributed by atoms with Crippen molar-refractivity contribution in [2.45, 2.75) is 32.9 Å². The van der Waals surface area contributed by atoms with Gasteiger partial charge >= 0.3 is 6.09 Å². The zero-order valence-electron chi connectivity index (χ0n) is 9.80. The summed E-state index contributed by atoms with van der Waals surface area (Å²) in [5.41, 5.74) is 0. The summed E-state index contributed by atoms with van der Waals surface area (Å²) < 4.78 is 4.92. The highest BCUT2D eigenvalue weighted by atomic mass is 16.5. The molecule has 0 saturated heterocycles. The highest BCUT2D eigenvalue weighted by molar-refractivity contribution is 5.68. The molecule has 0 rings (SSSR count). The van der Waals surface area contributed by atoms with E-state index in [0.29, 0.717) is 13.2 Å². The van der Waals surface area contributed by atoms with Crippen molar-refractivity contribution < 1.29 is 9.53 Å². The van der Waals surface area contributed by atoms with Gasteiger partial charge in [-0.25, -0.2) is 4.79 Å². The molecule has 3 N–H and O–H groups in total. The zero-order valence-corrected chi connectivity index (χ0v) is 9.80. The van der Waals surface area contributed by atoms with Gasteiger partial charge in [-0.2, -0.15) is 0 Å². The van der Waals surface area contributed by atoms with Crippen LogP contribution in [0.5, 0.6) is 0 Å². The summed E-state index contributed by atoms with van der Waals surface area (Å²) in [5, 5.41) is 12.3. The van der Waals surface area contributed by atoms with Gasteiger partial charge in [0.1, 0.15) is 6.17 Å². The minimum Gasteiger partial charge on any atom is -0.450 e. The molecule has 0 radical (unpaired) electrons. The van der Waals surface area contributed by atoms with Gasteiger partial charge in [0.25, 0.3) is 0 Å². The van der Waals surface area contributed by atoms with Gasteiger partial charge < -0.3 is 10.1 Å². The minimum absolute atomic E-state index is 0.356. The first-order valence-corrected chi connectivity index (χ1v) is 5.32. The lowest BCUT2D eigenvalue weighted by atomic mass is 10.4. The fraction of sp³-hybridized carbons (Fsp3) is 0.636. The average Bonchev–Trinajstić information content (AvgIpc) is 2.26. The van der Waals surface area contributed by atoms with Crippen molar-refractivity contribution in [3.8, 4) is 11.8 Å². The zero-order chi connectivity index (χ0) is 12.2. The molecule has 0 fully saturated rings. The molecule has 0 aliphatic carbocycles. The summed E-state index contributed by atoms with van der Waals surface area (Å²) in [6.07, 6.45) is 2.08. The van der Waals surface area contributed by atoms with E-state index in [1.807, 2.05) is 6.92 Å². The van der Waals surface area contributed by atoms with Gasteiger partial charge in [-0.1, -0.05) is 19.3 Å². The molecule has 1 amide bonds. The molecule has 5 nitrogen and oxygen atoms in total. The van der Waals surface area contributed by atoms with E-state index in [1.165, 1.54) is 6.21 Å². The molecule has 5 heteroatoms. The molecular formula is C11H19N3O2. The standard InChI is InChI=1S/C11H19N3O2/c1-3-5-9-16-11(15)14-10(6-4-2)13-8-7-12/h7,10,12-13H,3,5,8-9H2,1-2H3,(H,14,15). The second kappa shape index (κ2) is 9.99. The summed E-state index contributed by atoms with van der Waals surface area (Å²) in [6.45, 7) is 4.48. The lowest BCUT2D eigenvalue weighted by Crippen LogP contribution is -2.45. The van der Waals surface area contributed by atoms with Crippen molar-refractivity contribution in [3.63, 3.8) is 0 Å². The number of amides is 1. The summed E-state index contributed by atoms with van der Waals surface area (Å²) >= 11 is 0. The third kappa shape index (κ3) is 7.83. The summed E-state index contributed by atoms with van der Waals surface area (Å²) in [4.78, 5) is 11.3. The second-order valence-electron chi connectivity index (χ2n) is 3.07. The Balaban J connectivity index is 3.91. The molecule has 0 bridgehead atoms. The maximum absolute atomic E-state index is 11.3. The van der Waals surface area contributed by atoms with E-state index in [0.717, 1.165) is 12.8 Å². The van der Waals surface area contributed by atoms with E-state index in [1.54, 1.807) is 6.92 Å². The Morgan fingerprint density at radius 2 is 2.38 bits per heavy atom. The number of alkyl carbamates (subject to hydrolysis) is 1. The number of nitrogens with one attached hydrogen (secondary N) is 3. The predicted molar refractivity (Wildman–Crippen MR) is 63.4 cm³/mol. The van der Waals surface area contributed by atoms with Gasteiger partial charge in [0, 0.05) is 12.8 Å². The number of unbranched alkanes of at least 4 members (excludes halogenated alkanes) is 1. The molecule has 90 valence electrons. The quantitative estimate of drug-likeness (QED) is 0.263. The number of rotatable bonds is 7. The number of ether oxygens (including phenoxy) is 1. The van der Waals surface area contributed by atoms with Gasteiger partial charge in [-0.05, 0) is 13.3 Å². The molecule has 0 saturated carbocycles. The monoisotopic (exact) mass is 225 g/mol. The number of hydrogen-bond donors (Lipinski definition) is 3. The van der Waals surface area contributed by atoms with Crippen LogP contribution >= 0.6 is 0 Å². The first kappa shape index (κ1) is 14.5. The Hall–Kier alpha value is -1.54. The van der Waals surface area contributed by atoms with Crippen LogP contribution in [0.25, 0.3) is 0 Å². The van der Waals surface area contributed by atoms with Crippen molar-refractivity contribution in [1.82, 2.24) is 10.6 Å². The molecule has 0 heterocycles. The largest absolute Gasteiger partial charge is 0.450 e. The van der Waals surface area contributed by atoms with Crippen LogP contribution in [0.15, 0.2) is 0 Å². The second-order valence-corrected chi connectivity index (χ2v) is 3.07. The van der Waals surface area contributed by atoms with Crippen molar-refractivity contribution in [2.24, 2.45) is 0 Å². The van der Waals surface area contributed by atoms with Gasteiger partial charge in [-0.15, -0.1) is 5.92 Å². The molecule has 0 aliphatic rings. The molecule has 0 spiro atoms. The molecule has 0 aromatic carbocycles. The van der Waals surface area contributed by atoms with Crippen molar-refractivity contribution in [2.75, 3.05) is 13.2 Å². The van der Waals surface area contributed by atoms with Crippen LogP contribution < -0.4 is 10.6 Å². The average molecular weight is 225 g/mol. The van der Waals surface area contributed by atoms with Crippen molar-refractivity contribution >= 4 is 12.3 Å². The maximum Gasteiger partial charge on any atom is 0.409 e. The Bertz CT molecular complexity index is 268.